The number of nitrogens with zero attached hydrogens (tertiary/aromatic N) is 2. The van der Waals surface area contributed by atoms with E-state index in [-0.39, 0.29) is 23.8 Å². The molecule has 4 rings (SSSR count). The number of hydrogen-bond acceptors (Lipinski definition) is 3. The zero-order valence-electron chi connectivity index (χ0n) is 19.2. The van der Waals surface area contributed by atoms with Gasteiger partial charge in [-0.2, -0.15) is 0 Å². The van der Waals surface area contributed by atoms with Crippen LogP contribution < -0.4 is 5.32 Å². The number of aromatic nitrogens is 1. The summed E-state index contributed by atoms with van der Waals surface area (Å²) in [6.07, 6.45) is 12.2. The summed E-state index contributed by atoms with van der Waals surface area (Å²) in [6, 6.07) is 11.8. The highest BCUT2D eigenvalue weighted by Crippen LogP contribution is 2.37. The molecule has 33 heavy (non-hydrogen) atoms. The van der Waals surface area contributed by atoms with Crippen LogP contribution in [-0.4, -0.2) is 40.8 Å². The maximum atomic E-state index is 13.5. The summed E-state index contributed by atoms with van der Waals surface area (Å²) < 4.78 is 0. The maximum absolute atomic E-state index is 13.5. The lowest BCUT2D eigenvalue weighted by atomic mass is 9.76. The fourth-order valence-electron chi connectivity index (χ4n) is 5.32. The Bertz CT molecular complexity index is 922. The van der Waals surface area contributed by atoms with Gasteiger partial charge in [0.05, 0.1) is 5.92 Å². The van der Waals surface area contributed by atoms with E-state index in [1.54, 1.807) is 6.20 Å². The molecular weight excluding hydrogens is 434 g/mol. The zero-order chi connectivity index (χ0) is 23.0. The number of piperidine rings is 1. The third-order valence-electron chi connectivity index (χ3n) is 7.16. The Kier molecular flexibility index (Phi) is 8.38. The molecule has 1 aliphatic heterocycles. The van der Waals surface area contributed by atoms with Gasteiger partial charge >= 0.3 is 0 Å². The van der Waals surface area contributed by atoms with Gasteiger partial charge < -0.3 is 10.2 Å². The lowest BCUT2D eigenvalue weighted by Gasteiger charge is -2.35. The Labute approximate surface area is 201 Å². The normalized spacial score (nSPS) is 18.6. The average Bonchev–Trinajstić information content (AvgIpc) is 2.84. The minimum Gasteiger partial charge on any atom is -0.353 e. The molecule has 1 N–H and O–H groups in total. The van der Waals surface area contributed by atoms with Gasteiger partial charge in [0.1, 0.15) is 0 Å². The van der Waals surface area contributed by atoms with E-state index in [0.717, 1.165) is 36.8 Å². The van der Waals surface area contributed by atoms with E-state index in [0.29, 0.717) is 36.9 Å². The van der Waals surface area contributed by atoms with Crippen LogP contribution in [0.2, 0.25) is 5.02 Å². The van der Waals surface area contributed by atoms with Crippen LogP contribution in [0.3, 0.4) is 0 Å². The Morgan fingerprint density at radius 1 is 1.06 bits per heavy atom. The van der Waals surface area contributed by atoms with Gasteiger partial charge in [-0.05, 0) is 67.3 Å². The van der Waals surface area contributed by atoms with Crippen LogP contribution >= 0.6 is 11.6 Å². The lowest BCUT2D eigenvalue weighted by molar-refractivity contribution is -0.132. The van der Waals surface area contributed by atoms with Crippen LogP contribution in [0.25, 0.3) is 0 Å². The summed E-state index contributed by atoms with van der Waals surface area (Å²) >= 11 is 6.26. The van der Waals surface area contributed by atoms with Crippen molar-refractivity contribution in [2.45, 2.75) is 69.7 Å². The minimum atomic E-state index is -0.150. The predicted molar refractivity (Wildman–Crippen MR) is 131 cm³/mol. The van der Waals surface area contributed by atoms with Gasteiger partial charge in [0.2, 0.25) is 11.8 Å². The molecule has 1 saturated heterocycles. The molecule has 0 radical (unpaired) electrons. The standard InChI is InChI=1S/C27H34ClN3O2/c28-23-10-4-9-22(18-23)26(21-7-2-1-3-8-21)27(33)30-24-13-16-31(17-14-24)25(32)12-11-20-6-5-15-29-19-20/h4-6,9-10,15,18-19,21,24,26H,1-3,7-8,11-14,16-17H2,(H,30,33). The molecule has 0 bridgehead atoms. The molecule has 6 heteroatoms. The molecule has 1 saturated carbocycles. The number of carbonyl (C=O) groups excluding carboxylic acids is 2. The number of pyridine rings is 1. The van der Waals surface area contributed by atoms with Crippen molar-refractivity contribution in [1.82, 2.24) is 15.2 Å². The first-order chi connectivity index (χ1) is 16.1. The Morgan fingerprint density at radius 3 is 2.55 bits per heavy atom. The fraction of sp³-hybridized carbons (Fsp3) is 0.519. The largest absolute Gasteiger partial charge is 0.353 e. The number of amides is 2. The number of nitrogens with one attached hydrogen (secondary N) is 1. The van der Waals surface area contributed by atoms with E-state index < -0.39 is 0 Å². The quantitative estimate of drug-likeness (QED) is 0.613. The summed E-state index contributed by atoms with van der Waals surface area (Å²) in [7, 11) is 0. The molecule has 1 aromatic carbocycles. The van der Waals surface area contributed by atoms with Gasteiger partial charge in [0.15, 0.2) is 0 Å². The van der Waals surface area contributed by atoms with Crippen LogP contribution in [0.4, 0.5) is 0 Å². The van der Waals surface area contributed by atoms with E-state index in [1.165, 1.54) is 19.3 Å². The van der Waals surface area contributed by atoms with Crippen LogP contribution in [-0.2, 0) is 16.0 Å². The van der Waals surface area contributed by atoms with Gasteiger partial charge in [-0.25, -0.2) is 0 Å². The van der Waals surface area contributed by atoms with Crippen LogP contribution in [0, 0.1) is 5.92 Å². The fourth-order valence-corrected chi connectivity index (χ4v) is 5.52. The second-order valence-electron chi connectivity index (χ2n) is 9.46. The minimum absolute atomic E-state index is 0.116. The zero-order valence-corrected chi connectivity index (χ0v) is 20.0. The van der Waals surface area contributed by atoms with Crippen molar-refractivity contribution < 1.29 is 9.59 Å². The monoisotopic (exact) mass is 467 g/mol. The molecule has 1 aliphatic carbocycles. The Hall–Kier alpha value is -2.40. The summed E-state index contributed by atoms with van der Waals surface area (Å²) in [5.74, 6) is 0.516. The number of rotatable bonds is 7. The number of aryl methyl sites for hydroxylation is 1. The van der Waals surface area contributed by atoms with Gasteiger partial charge in [-0.15, -0.1) is 0 Å². The van der Waals surface area contributed by atoms with Crippen LogP contribution in [0.15, 0.2) is 48.8 Å². The first-order valence-corrected chi connectivity index (χ1v) is 12.7. The molecule has 1 atom stereocenters. The molecule has 0 spiro atoms. The Morgan fingerprint density at radius 2 is 1.85 bits per heavy atom. The number of hydrogen-bond donors (Lipinski definition) is 1. The topological polar surface area (TPSA) is 62.3 Å². The van der Waals surface area contributed by atoms with Gasteiger partial charge in [0, 0.05) is 43.0 Å². The van der Waals surface area contributed by atoms with E-state index in [9.17, 15) is 9.59 Å². The average molecular weight is 468 g/mol. The highest BCUT2D eigenvalue weighted by atomic mass is 35.5. The van der Waals surface area contributed by atoms with Gasteiger partial charge in [-0.1, -0.05) is 49.1 Å². The Balaban J connectivity index is 1.31. The summed E-state index contributed by atoms with van der Waals surface area (Å²) in [4.78, 5) is 32.1. The molecule has 5 nitrogen and oxygen atoms in total. The lowest BCUT2D eigenvalue weighted by Crippen LogP contribution is -2.48. The van der Waals surface area contributed by atoms with Crippen molar-refractivity contribution in [3.8, 4) is 0 Å². The van der Waals surface area contributed by atoms with Gasteiger partial charge in [-0.3, -0.25) is 14.6 Å². The van der Waals surface area contributed by atoms with E-state index in [1.807, 2.05) is 47.5 Å². The van der Waals surface area contributed by atoms with Crippen molar-refractivity contribution in [1.29, 1.82) is 0 Å². The van der Waals surface area contributed by atoms with Crippen LogP contribution in [0.5, 0.6) is 0 Å². The van der Waals surface area contributed by atoms with Crippen molar-refractivity contribution in [2.24, 2.45) is 5.92 Å². The molecule has 2 aliphatic rings. The number of benzene rings is 1. The molecule has 2 fully saturated rings. The van der Waals surface area contributed by atoms with E-state index >= 15 is 0 Å². The second kappa shape index (κ2) is 11.6. The van der Waals surface area contributed by atoms with Crippen molar-refractivity contribution >= 4 is 23.4 Å². The predicted octanol–water partition coefficient (Wildman–Crippen LogP) is 5.14. The number of halogens is 1. The van der Waals surface area contributed by atoms with Crippen molar-refractivity contribution in [3.63, 3.8) is 0 Å². The van der Waals surface area contributed by atoms with Gasteiger partial charge in [0.25, 0.3) is 0 Å². The van der Waals surface area contributed by atoms with Crippen molar-refractivity contribution in [3.05, 3.63) is 64.9 Å². The highest BCUT2D eigenvalue weighted by molar-refractivity contribution is 6.30. The van der Waals surface area contributed by atoms with E-state index in [4.69, 9.17) is 11.6 Å². The third kappa shape index (κ3) is 6.57. The summed E-state index contributed by atoms with van der Waals surface area (Å²) in [5, 5.41) is 4.00. The summed E-state index contributed by atoms with van der Waals surface area (Å²) in [6.45, 7) is 1.39. The summed E-state index contributed by atoms with van der Waals surface area (Å²) in [5.41, 5.74) is 2.11. The first-order valence-electron chi connectivity index (χ1n) is 12.3. The molecule has 1 unspecified atom stereocenters. The SMILES string of the molecule is O=C(NC1CCN(C(=O)CCc2cccnc2)CC1)C(c1cccc(Cl)c1)C1CCCCC1. The molecular formula is C27H34ClN3O2. The highest BCUT2D eigenvalue weighted by Gasteiger charge is 2.33. The first kappa shape index (κ1) is 23.7. The molecule has 2 heterocycles. The van der Waals surface area contributed by atoms with Crippen molar-refractivity contribution in [2.75, 3.05) is 13.1 Å². The molecule has 1 aromatic heterocycles. The second-order valence-corrected chi connectivity index (χ2v) is 9.89. The maximum Gasteiger partial charge on any atom is 0.228 e. The van der Waals surface area contributed by atoms with E-state index in [2.05, 4.69) is 10.3 Å². The molecule has 2 amide bonds. The number of likely N-dealkylation sites (tertiary alicyclic amines) is 1. The van der Waals surface area contributed by atoms with Crippen LogP contribution in [0.1, 0.15) is 68.4 Å². The molecule has 176 valence electrons. The molecule has 2 aromatic rings. The third-order valence-corrected chi connectivity index (χ3v) is 7.39. The number of carbonyl (C=O) groups is 2. The smallest absolute Gasteiger partial charge is 0.228 e.